The number of aryl methyl sites for hydroxylation is 2. The molecule has 0 spiro atoms. The Morgan fingerprint density at radius 1 is 0.745 bits per heavy atom. The van der Waals surface area contributed by atoms with Crippen molar-refractivity contribution in [3.05, 3.63) is 95.6 Å². The van der Waals surface area contributed by atoms with E-state index in [9.17, 15) is 14.7 Å². The fraction of sp³-hybridized carbons (Fsp3) is 0.400. The van der Waals surface area contributed by atoms with Crippen LogP contribution in [-0.2, 0) is 25.5 Å². The van der Waals surface area contributed by atoms with Crippen molar-refractivity contribution < 1.29 is 33.6 Å². The molecule has 0 atom stereocenters. The molecular weight excluding hydrogens is 592 g/mol. The van der Waals surface area contributed by atoms with E-state index in [1.54, 1.807) is 13.8 Å². The number of aliphatic hydroxyl groups excluding tert-OH is 1. The molecule has 250 valence electrons. The van der Waals surface area contributed by atoms with E-state index in [0.717, 1.165) is 54.4 Å². The van der Waals surface area contributed by atoms with E-state index in [-0.39, 0.29) is 26.4 Å². The number of carbonyl (C=O) groups excluding carboxylic acids is 2. The molecule has 0 heterocycles. The van der Waals surface area contributed by atoms with Crippen LogP contribution in [0.25, 0.3) is 22.3 Å². The maximum absolute atomic E-state index is 11.8. The van der Waals surface area contributed by atoms with Crippen LogP contribution in [0.5, 0.6) is 11.5 Å². The average Bonchev–Trinajstić information content (AvgIpc) is 3.08. The van der Waals surface area contributed by atoms with E-state index in [1.165, 1.54) is 16.7 Å². The van der Waals surface area contributed by atoms with Gasteiger partial charge >= 0.3 is 11.9 Å². The molecule has 0 aromatic heterocycles. The first-order valence-corrected chi connectivity index (χ1v) is 16.5. The molecule has 0 unspecified atom stereocenters. The largest absolute Gasteiger partial charge is 0.490 e. The summed E-state index contributed by atoms with van der Waals surface area (Å²) in [5, 5.41) is 9.53. The number of esters is 2. The van der Waals surface area contributed by atoms with Crippen LogP contribution in [0.3, 0.4) is 0 Å². The molecule has 3 aromatic carbocycles. The molecule has 0 aliphatic heterocycles. The van der Waals surface area contributed by atoms with Gasteiger partial charge < -0.3 is 24.1 Å². The Balaban J connectivity index is 1.56. The summed E-state index contributed by atoms with van der Waals surface area (Å²) in [4.78, 5) is 23.6. The topological polar surface area (TPSA) is 91.3 Å². The Morgan fingerprint density at radius 2 is 1.30 bits per heavy atom. The van der Waals surface area contributed by atoms with Gasteiger partial charge in [0.1, 0.15) is 37.9 Å². The zero-order valence-corrected chi connectivity index (χ0v) is 28.2. The third-order valence-corrected chi connectivity index (χ3v) is 8.72. The summed E-state index contributed by atoms with van der Waals surface area (Å²) in [6, 6.07) is 19.1. The number of hydrogen-bond donors (Lipinski definition) is 1. The number of hydrogen-bond acceptors (Lipinski definition) is 7. The third kappa shape index (κ3) is 9.58. The van der Waals surface area contributed by atoms with Crippen molar-refractivity contribution >= 4 is 11.9 Å². The van der Waals surface area contributed by atoms with Crippen LogP contribution < -0.4 is 9.47 Å². The van der Waals surface area contributed by atoms with Crippen LogP contribution in [0.15, 0.2) is 78.9 Å². The number of aliphatic hydroxyl groups is 1. The Bertz CT molecular complexity index is 1560. The van der Waals surface area contributed by atoms with Crippen LogP contribution >= 0.6 is 0 Å². The molecule has 7 heteroatoms. The highest BCUT2D eigenvalue weighted by Gasteiger charge is 2.22. The molecule has 1 N–H and O–H groups in total. The summed E-state index contributed by atoms with van der Waals surface area (Å²) >= 11 is 0. The molecule has 4 rings (SSSR count). The van der Waals surface area contributed by atoms with Crippen LogP contribution in [0.4, 0.5) is 0 Å². The minimum absolute atomic E-state index is 0.0914. The Kier molecular flexibility index (Phi) is 12.8. The molecule has 0 radical (unpaired) electrons. The lowest BCUT2D eigenvalue weighted by atomic mass is 9.78. The van der Waals surface area contributed by atoms with E-state index in [2.05, 4.69) is 62.5 Å². The summed E-state index contributed by atoms with van der Waals surface area (Å²) in [6.07, 6.45) is 5.37. The maximum Gasteiger partial charge on any atom is 0.333 e. The number of carbonyl (C=O) groups is 2. The Labute approximate surface area is 279 Å². The first-order chi connectivity index (χ1) is 22.6. The second kappa shape index (κ2) is 17.0. The monoisotopic (exact) mass is 640 g/mol. The quantitative estimate of drug-likeness (QED) is 0.102. The molecule has 0 bridgehead atoms. The zero-order valence-electron chi connectivity index (χ0n) is 28.2. The Morgan fingerprint density at radius 3 is 1.83 bits per heavy atom. The minimum atomic E-state index is -0.453. The summed E-state index contributed by atoms with van der Waals surface area (Å²) in [5.74, 6) is 1.38. The zero-order chi connectivity index (χ0) is 33.9. The van der Waals surface area contributed by atoms with Gasteiger partial charge in [-0.25, -0.2) is 9.59 Å². The first kappa shape index (κ1) is 35.5. The van der Waals surface area contributed by atoms with Crippen LogP contribution in [0.2, 0.25) is 0 Å². The van der Waals surface area contributed by atoms with Gasteiger partial charge in [-0.1, -0.05) is 62.5 Å². The van der Waals surface area contributed by atoms with Crippen molar-refractivity contribution in [2.24, 2.45) is 5.92 Å². The number of ether oxygens (including phenoxy) is 4. The average molecular weight is 641 g/mol. The maximum atomic E-state index is 11.8. The molecule has 1 aliphatic rings. The normalized spacial score (nSPS) is 15.9. The lowest BCUT2D eigenvalue weighted by Gasteiger charge is -2.28. The van der Waals surface area contributed by atoms with E-state index in [4.69, 9.17) is 18.9 Å². The summed E-state index contributed by atoms with van der Waals surface area (Å²) in [5.41, 5.74) is 8.38. The highest BCUT2D eigenvalue weighted by Crippen LogP contribution is 2.39. The molecule has 0 saturated heterocycles. The molecule has 1 aliphatic carbocycles. The lowest BCUT2D eigenvalue weighted by molar-refractivity contribution is -0.140. The summed E-state index contributed by atoms with van der Waals surface area (Å²) in [7, 11) is 0. The van der Waals surface area contributed by atoms with Crippen molar-refractivity contribution in [2.75, 3.05) is 33.0 Å². The van der Waals surface area contributed by atoms with Gasteiger partial charge in [0, 0.05) is 23.3 Å². The molecular formula is C40H48O7. The molecule has 47 heavy (non-hydrogen) atoms. The SMILES string of the molecule is C=C(C)C(=O)OCCOc1cc(-c2ccc(-c3ccc(C4CCC(CO)CC4)cc3CC)cc2)c(OCCOC(=O)C(=C)C)cc1C. The highest BCUT2D eigenvalue weighted by molar-refractivity contribution is 5.87. The molecule has 1 fully saturated rings. The van der Waals surface area contributed by atoms with E-state index in [1.807, 2.05) is 19.1 Å². The minimum Gasteiger partial charge on any atom is -0.490 e. The highest BCUT2D eigenvalue weighted by atomic mass is 16.6. The summed E-state index contributed by atoms with van der Waals surface area (Å²) in [6.45, 7) is 15.4. The fourth-order valence-corrected chi connectivity index (χ4v) is 5.93. The molecule has 1 saturated carbocycles. The van der Waals surface area contributed by atoms with Gasteiger partial charge in [-0.05, 0) is 110 Å². The van der Waals surface area contributed by atoms with Gasteiger partial charge in [0.25, 0.3) is 0 Å². The van der Waals surface area contributed by atoms with E-state index >= 15 is 0 Å². The third-order valence-electron chi connectivity index (χ3n) is 8.72. The number of rotatable bonds is 15. The number of benzene rings is 3. The second-order valence-corrected chi connectivity index (χ2v) is 12.4. The van der Waals surface area contributed by atoms with Gasteiger partial charge in [0.05, 0.1) is 0 Å². The van der Waals surface area contributed by atoms with Crippen molar-refractivity contribution in [3.8, 4) is 33.8 Å². The predicted octanol–water partition coefficient (Wildman–Crippen LogP) is 8.15. The fourth-order valence-electron chi connectivity index (χ4n) is 5.93. The predicted molar refractivity (Wildman–Crippen MR) is 186 cm³/mol. The van der Waals surface area contributed by atoms with Gasteiger partial charge in [0.15, 0.2) is 0 Å². The molecule has 0 amide bonds. The molecule has 7 nitrogen and oxygen atoms in total. The van der Waals surface area contributed by atoms with Gasteiger partial charge in [-0.2, -0.15) is 0 Å². The second-order valence-electron chi connectivity index (χ2n) is 12.4. The van der Waals surface area contributed by atoms with Crippen molar-refractivity contribution in [1.82, 2.24) is 0 Å². The van der Waals surface area contributed by atoms with Crippen LogP contribution in [-0.4, -0.2) is 50.1 Å². The van der Waals surface area contributed by atoms with Gasteiger partial charge in [0.2, 0.25) is 0 Å². The first-order valence-electron chi connectivity index (χ1n) is 16.5. The van der Waals surface area contributed by atoms with Crippen molar-refractivity contribution in [1.29, 1.82) is 0 Å². The van der Waals surface area contributed by atoms with Gasteiger partial charge in [-0.15, -0.1) is 0 Å². The molecule has 3 aromatic rings. The van der Waals surface area contributed by atoms with Crippen LogP contribution in [0.1, 0.15) is 69.1 Å². The summed E-state index contributed by atoms with van der Waals surface area (Å²) < 4.78 is 22.5. The van der Waals surface area contributed by atoms with Crippen molar-refractivity contribution in [3.63, 3.8) is 0 Å². The van der Waals surface area contributed by atoms with Crippen LogP contribution in [0, 0.1) is 12.8 Å². The van der Waals surface area contributed by atoms with E-state index in [0.29, 0.717) is 41.1 Å². The lowest BCUT2D eigenvalue weighted by Crippen LogP contribution is -2.16. The smallest absolute Gasteiger partial charge is 0.333 e. The Hall–Kier alpha value is -4.36. The standard InChI is InChI=1S/C40H48O7/c1-7-30-23-34(31-10-8-29(25-41)9-11-31)16-17-35(30)32-12-14-33(15-13-32)36-24-37(44-18-20-46-39(42)26(2)3)28(6)22-38(36)45-19-21-47-40(43)27(4)5/h12-17,22-24,29,31,41H,2,4,7-11,18-21,25H2,1,3,5-6H3. The van der Waals surface area contributed by atoms with Gasteiger partial charge in [-0.3, -0.25) is 0 Å². The van der Waals surface area contributed by atoms with Crippen molar-refractivity contribution in [2.45, 2.75) is 65.7 Å². The van der Waals surface area contributed by atoms with E-state index < -0.39 is 11.9 Å².